The highest BCUT2D eigenvalue weighted by atomic mass is 16.6. The van der Waals surface area contributed by atoms with E-state index >= 15 is 0 Å². The molecular weight excluding hydrogens is 500 g/mol. The van der Waals surface area contributed by atoms with Gasteiger partial charge in [0.15, 0.2) is 5.60 Å². The monoisotopic (exact) mass is 540 g/mol. The largest absolute Gasteiger partial charge is 0.455 e. The van der Waals surface area contributed by atoms with Crippen LogP contribution in [0.2, 0.25) is 0 Å². The number of carbonyl (C=O) groups is 3. The molecule has 1 saturated heterocycles. The van der Waals surface area contributed by atoms with Gasteiger partial charge >= 0.3 is 11.9 Å². The number of hydrogen-bond donors (Lipinski definition) is 2. The molecule has 0 unspecified atom stereocenters. The van der Waals surface area contributed by atoms with Gasteiger partial charge in [-0.25, -0.2) is 4.79 Å². The predicted molar refractivity (Wildman–Crippen MR) is 141 cm³/mol. The molecule has 39 heavy (non-hydrogen) atoms. The Morgan fingerprint density at radius 3 is 2.31 bits per heavy atom. The van der Waals surface area contributed by atoms with Crippen molar-refractivity contribution in [1.82, 2.24) is 0 Å². The van der Waals surface area contributed by atoms with Gasteiger partial charge in [-0.15, -0.1) is 0 Å². The van der Waals surface area contributed by atoms with Crippen LogP contribution in [-0.2, 0) is 23.8 Å². The maximum absolute atomic E-state index is 14.6. The third kappa shape index (κ3) is 3.64. The number of ether oxygens (including phenoxy) is 3. The second-order valence-electron chi connectivity index (χ2n) is 12.9. The summed E-state index contributed by atoms with van der Waals surface area (Å²) in [5.74, 6) is -3.26. The van der Waals surface area contributed by atoms with Gasteiger partial charge in [-0.05, 0) is 38.3 Å². The van der Waals surface area contributed by atoms with E-state index in [2.05, 4.69) is 0 Å². The van der Waals surface area contributed by atoms with Crippen LogP contribution in [0.5, 0.6) is 0 Å². The van der Waals surface area contributed by atoms with Crippen LogP contribution in [-0.4, -0.2) is 64.1 Å². The lowest BCUT2D eigenvalue weighted by molar-refractivity contribution is -0.345. The highest BCUT2D eigenvalue weighted by Crippen LogP contribution is 2.65. The van der Waals surface area contributed by atoms with Crippen LogP contribution in [0.1, 0.15) is 71.7 Å². The van der Waals surface area contributed by atoms with Gasteiger partial charge in [0.25, 0.3) is 0 Å². The molecule has 0 spiro atoms. The van der Waals surface area contributed by atoms with E-state index in [0.29, 0.717) is 0 Å². The van der Waals surface area contributed by atoms with E-state index in [9.17, 15) is 24.6 Å². The van der Waals surface area contributed by atoms with Crippen LogP contribution in [0, 0.1) is 28.6 Å². The molecule has 0 aromatic heterocycles. The molecule has 1 heterocycles. The number of benzene rings is 1. The van der Waals surface area contributed by atoms with Crippen molar-refractivity contribution in [3.8, 4) is 0 Å². The van der Waals surface area contributed by atoms with E-state index in [4.69, 9.17) is 14.2 Å². The van der Waals surface area contributed by atoms with Gasteiger partial charge in [0, 0.05) is 24.7 Å². The van der Waals surface area contributed by atoms with Crippen molar-refractivity contribution >= 4 is 17.7 Å². The first-order chi connectivity index (χ1) is 18.1. The van der Waals surface area contributed by atoms with E-state index < -0.39 is 64.1 Å². The molecule has 1 aromatic rings. The number of Topliss-reactive ketones (excluding diaryl/α,β-unsaturated/α-hetero) is 1. The van der Waals surface area contributed by atoms with Gasteiger partial charge in [0.1, 0.15) is 23.6 Å². The Hall–Kier alpha value is -2.55. The SMILES string of the molecule is CC(=O)O[C@@]12CO[C@@H]1C[C@H](O)[C@@]1(C)C(=O)[C@H](C)C3=C(C)[C@@H](C)C[C@@](O)([C@@H](OC(=O)c4ccccc4)[C@H]21)C3(C)C. The zero-order valence-corrected chi connectivity index (χ0v) is 23.8. The van der Waals surface area contributed by atoms with Crippen LogP contribution in [0.15, 0.2) is 41.5 Å². The molecule has 8 nitrogen and oxygen atoms in total. The summed E-state index contributed by atoms with van der Waals surface area (Å²) in [5.41, 5.74) is -3.40. The number of esters is 2. The van der Waals surface area contributed by atoms with Crippen molar-refractivity contribution in [3.63, 3.8) is 0 Å². The lowest BCUT2D eigenvalue weighted by Gasteiger charge is -2.67. The average molecular weight is 541 g/mol. The van der Waals surface area contributed by atoms with Crippen LogP contribution in [0.4, 0.5) is 0 Å². The number of fused-ring (bicyclic) bond motifs is 5. The quantitative estimate of drug-likeness (QED) is 0.441. The zero-order valence-electron chi connectivity index (χ0n) is 23.8. The number of aliphatic hydroxyl groups is 2. The van der Waals surface area contributed by atoms with Crippen LogP contribution >= 0.6 is 0 Å². The summed E-state index contributed by atoms with van der Waals surface area (Å²) >= 11 is 0. The Kier molecular flexibility index (Phi) is 6.45. The van der Waals surface area contributed by atoms with Gasteiger partial charge in [-0.1, -0.05) is 57.0 Å². The molecule has 212 valence electrons. The minimum Gasteiger partial charge on any atom is -0.455 e. The first kappa shape index (κ1) is 28.0. The molecule has 2 saturated carbocycles. The Morgan fingerprint density at radius 2 is 1.74 bits per heavy atom. The predicted octanol–water partition coefficient (Wildman–Crippen LogP) is 3.63. The molecular formula is C31H40O8. The Balaban J connectivity index is 1.81. The number of ketones is 1. The number of allylic oxidation sites excluding steroid dienone is 1. The molecule has 1 aromatic carbocycles. The summed E-state index contributed by atoms with van der Waals surface area (Å²) in [6, 6.07) is 8.47. The normalized spacial score (nSPS) is 42.7. The summed E-state index contributed by atoms with van der Waals surface area (Å²) in [6.07, 6.45) is -2.85. The lowest BCUT2D eigenvalue weighted by atomic mass is 9.43. The van der Waals surface area contributed by atoms with Gasteiger partial charge in [-0.2, -0.15) is 0 Å². The molecule has 2 bridgehead atoms. The third-order valence-electron chi connectivity index (χ3n) is 10.6. The topological polar surface area (TPSA) is 119 Å². The van der Waals surface area contributed by atoms with E-state index in [-0.39, 0.29) is 36.7 Å². The summed E-state index contributed by atoms with van der Waals surface area (Å²) in [5, 5.41) is 24.5. The van der Waals surface area contributed by atoms with E-state index in [1.807, 2.05) is 34.6 Å². The van der Waals surface area contributed by atoms with Crippen molar-refractivity contribution in [2.24, 2.45) is 28.6 Å². The van der Waals surface area contributed by atoms with Gasteiger partial charge in [0.05, 0.1) is 29.6 Å². The number of carbonyl (C=O) groups excluding carboxylic acids is 3. The maximum Gasteiger partial charge on any atom is 0.338 e. The second-order valence-corrected chi connectivity index (χ2v) is 12.9. The van der Waals surface area contributed by atoms with Gasteiger partial charge in [0.2, 0.25) is 0 Å². The van der Waals surface area contributed by atoms with Crippen molar-refractivity contribution in [1.29, 1.82) is 0 Å². The molecule has 9 atom stereocenters. The van der Waals surface area contributed by atoms with E-state index in [1.54, 1.807) is 37.3 Å². The van der Waals surface area contributed by atoms with Crippen LogP contribution in [0.25, 0.3) is 0 Å². The first-order valence-corrected chi connectivity index (χ1v) is 13.9. The van der Waals surface area contributed by atoms with Crippen LogP contribution in [0.3, 0.4) is 0 Å². The van der Waals surface area contributed by atoms with Crippen LogP contribution < -0.4 is 0 Å². The van der Waals surface area contributed by atoms with Gasteiger partial charge in [-0.3, -0.25) is 9.59 Å². The molecule has 3 aliphatic carbocycles. The van der Waals surface area contributed by atoms with Crippen molar-refractivity contribution in [2.45, 2.75) is 90.8 Å². The lowest BCUT2D eigenvalue weighted by Crippen LogP contribution is -2.81. The molecule has 3 fully saturated rings. The summed E-state index contributed by atoms with van der Waals surface area (Å²) in [7, 11) is 0. The molecule has 0 amide bonds. The fraction of sp³-hybridized carbons (Fsp3) is 0.645. The number of aliphatic hydroxyl groups excluding tert-OH is 1. The molecule has 0 radical (unpaired) electrons. The smallest absolute Gasteiger partial charge is 0.338 e. The molecule has 8 heteroatoms. The third-order valence-corrected chi connectivity index (χ3v) is 10.6. The number of hydrogen-bond acceptors (Lipinski definition) is 8. The summed E-state index contributed by atoms with van der Waals surface area (Å²) < 4.78 is 18.2. The molecule has 5 rings (SSSR count). The van der Waals surface area contributed by atoms with Crippen molar-refractivity contribution in [2.75, 3.05) is 6.61 Å². The Labute approximate surface area is 229 Å². The summed E-state index contributed by atoms with van der Waals surface area (Å²) in [4.78, 5) is 40.8. The second kappa shape index (κ2) is 8.98. The first-order valence-electron chi connectivity index (χ1n) is 13.9. The highest BCUT2D eigenvalue weighted by Gasteiger charge is 2.77. The zero-order chi connectivity index (χ0) is 28.7. The average Bonchev–Trinajstić information content (AvgIpc) is 2.87. The summed E-state index contributed by atoms with van der Waals surface area (Å²) in [6.45, 7) is 12.5. The fourth-order valence-corrected chi connectivity index (χ4v) is 8.42. The van der Waals surface area contributed by atoms with Gasteiger partial charge < -0.3 is 24.4 Å². The Morgan fingerprint density at radius 1 is 1.10 bits per heavy atom. The molecule has 1 aliphatic heterocycles. The minimum absolute atomic E-state index is 0.0287. The van der Waals surface area contributed by atoms with E-state index in [0.717, 1.165) is 11.1 Å². The molecule has 2 N–H and O–H groups in total. The maximum atomic E-state index is 14.6. The van der Waals surface area contributed by atoms with Crippen molar-refractivity contribution in [3.05, 3.63) is 47.0 Å². The minimum atomic E-state index is -1.66. The molecule has 4 aliphatic rings. The number of rotatable bonds is 3. The Bertz CT molecular complexity index is 1240. The fourth-order valence-electron chi connectivity index (χ4n) is 8.42. The van der Waals surface area contributed by atoms with Crippen molar-refractivity contribution < 1.29 is 38.8 Å². The highest BCUT2D eigenvalue weighted by molar-refractivity contribution is 5.92. The van der Waals surface area contributed by atoms with E-state index in [1.165, 1.54) is 6.92 Å². The standard InChI is InChI=1S/C31H40O8/c1-16-14-31(36)26(38-27(35)20-11-9-8-10-12-20)24-29(7,25(34)18(3)23(17(16)2)28(31,5)6)21(33)13-22-30(24,15-37-22)39-19(4)32/h8-12,16,18,21-22,24,26,33,36H,13-15H2,1-7H3/t16-,18+,21-,22+,24-,26-,29+,30-,31+/m0/s1.